The van der Waals surface area contributed by atoms with Crippen LogP contribution in [0.5, 0.6) is 0 Å². The second-order valence-corrected chi connectivity index (χ2v) is 6.74. The predicted molar refractivity (Wildman–Crippen MR) is 101 cm³/mol. The Morgan fingerprint density at radius 2 is 1.92 bits per heavy atom. The van der Waals surface area contributed by atoms with Crippen LogP contribution < -0.4 is 5.32 Å². The van der Waals surface area contributed by atoms with Gasteiger partial charge in [-0.15, -0.1) is 0 Å². The van der Waals surface area contributed by atoms with E-state index in [1.807, 2.05) is 54.6 Å². The second-order valence-electron chi connectivity index (χ2n) is 5.58. The number of nitrogens with one attached hydrogen (secondary N) is 1. The number of anilines is 1. The summed E-state index contributed by atoms with van der Waals surface area (Å²) >= 11 is 1.91. The van der Waals surface area contributed by atoms with E-state index in [2.05, 4.69) is 5.32 Å². The van der Waals surface area contributed by atoms with Crippen LogP contribution in [0.25, 0.3) is 0 Å². The van der Waals surface area contributed by atoms with Gasteiger partial charge in [0.05, 0.1) is 12.1 Å². The molecule has 1 N–H and O–H groups in total. The summed E-state index contributed by atoms with van der Waals surface area (Å²) in [6.07, 6.45) is 0. The third-order valence-corrected chi connectivity index (χ3v) is 4.66. The topological polar surface area (TPSA) is 49.4 Å². The maximum absolute atomic E-state index is 13.1. The largest absolute Gasteiger partial charge is 0.332 e. The Morgan fingerprint density at radius 3 is 2.58 bits per heavy atom. The van der Waals surface area contributed by atoms with E-state index >= 15 is 0 Å². The number of hydrogen-bond donors (Lipinski definition) is 1. The highest BCUT2D eigenvalue weighted by molar-refractivity contribution is 14.1. The predicted octanol–water partition coefficient (Wildman–Crippen LogP) is 3.76. The number of carbonyl (C=O) groups excluding carboxylic acids is 2. The number of halogens is 2. The molecule has 2 aromatic rings. The van der Waals surface area contributed by atoms with Crippen molar-refractivity contribution in [1.82, 2.24) is 4.90 Å². The van der Waals surface area contributed by atoms with Crippen LogP contribution in [0.4, 0.5) is 10.1 Å². The summed E-state index contributed by atoms with van der Waals surface area (Å²) in [5.41, 5.74) is 3.18. The zero-order valence-electron chi connectivity index (χ0n) is 13.7. The van der Waals surface area contributed by atoms with Crippen molar-refractivity contribution in [2.75, 3.05) is 18.9 Å². The van der Waals surface area contributed by atoms with E-state index in [0.717, 1.165) is 16.8 Å². The quantitative estimate of drug-likeness (QED) is 0.737. The highest BCUT2D eigenvalue weighted by atomic mass is 127. The van der Waals surface area contributed by atoms with Gasteiger partial charge in [-0.25, -0.2) is 4.39 Å². The lowest BCUT2D eigenvalue weighted by Crippen LogP contribution is -2.35. The minimum atomic E-state index is -0.397. The van der Waals surface area contributed by atoms with Crippen LogP contribution in [0.1, 0.15) is 21.5 Å². The molecule has 0 aliphatic carbocycles. The molecule has 24 heavy (non-hydrogen) atoms. The Kier molecular flexibility index (Phi) is 5.93. The molecule has 126 valence electrons. The van der Waals surface area contributed by atoms with Crippen LogP contribution in [-0.4, -0.2) is 30.3 Å². The molecule has 0 bridgehead atoms. The zero-order chi connectivity index (χ0) is 17.9. The van der Waals surface area contributed by atoms with Crippen molar-refractivity contribution in [2.24, 2.45) is 0 Å². The van der Waals surface area contributed by atoms with Gasteiger partial charge >= 0.3 is 0 Å². The van der Waals surface area contributed by atoms with Crippen molar-refractivity contribution < 1.29 is 14.0 Å². The van der Waals surface area contributed by atoms with Gasteiger partial charge in [-0.05, 0) is 71.8 Å². The molecule has 0 aromatic heterocycles. The van der Waals surface area contributed by atoms with E-state index in [-0.39, 0.29) is 18.4 Å². The highest BCUT2D eigenvalue weighted by Gasteiger charge is 2.18. The van der Waals surface area contributed by atoms with Crippen molar-refractivity contribution in [3.05, 3.63) is 62.5 Å². The van der Waals surface area contributed by atoms with Crippen LogP contribution in [0.15, 0.2) is 36.4 Å². The summed E-state index contributed by atoms with van der Waals surface area (Å²) in [4.78, 5) is 25.9. The van der Waals surface area contributed by atoms with Crippen LogP contribution in [0.3, 0.4) is 0 Å². The minimum Gasteiger partial charge on any atom is -0.332 e. The SMILES string of the molecule is Cc1cccc(NC(=O)CN(C)C(=O)c2ccc(F)cc2I)c1C. The van der Waals surface area contributed by atoms with E-state index in [4.69, 9.17) is 0 Å². The molecule has 0 unspecified atom stereocenters. The second kappa shape index (κ2) is 7.74. The highest BCUT2D eigenvalue weighted by Crippen LogP contribution is 2.18. The third kappa shape index (κ3) is 4.31. The molecular weight excluding hydrogens is 422 g/mol. The molecule has 0 fully saturated rings. The third-order valence-electron chi connectivity index (χ3n) is 3.77. The Bertz CT molecular complexity index is 793. The van der Waals surface area contributed by atoms with E-state index in [1.54, 1.807) is 7.05 Å². The Morgan fingerprint density at radius 1 is 1.21 bits per heavy atom. The van der Waals surface area contributed by atoms with Gasteiger partial charge in [0.15, 0.2) is 0 Å². The monoisotopic (exact) mass is 440 g/mol. The van der Waals surface area contributed by atoms with Crippen LogP contribution in [-0.2, 0) is 4.79 Å². The van der Waals surface area contributed by atoms with Gasteiger partial charge in [-0.1, -0.05) is 12.1 Å². The summed E-state index contributed by atoms with van der Waals surface area (Å²) in [5.74, 6) is -1.00. The summed E-state index contributed by atoms with van der Waals surface area (Å²) in [6, 6.07) is 9.62. The van der Waals surface area contributed by atoms with Gasteiger partial charge in [0.25, 0.3) is 5.91 Å². The summed E-state index contributed by atoms with van der Waals surface area (Å²) < 4.78 is 13.7. The fraction of sp³-hybridized carbons (Fsp3) is 0.222. The van der Waals surface area contributed by atoms with E-state index in [1.165, 1.54) is 23.1 Å². The smallest absolute Gasteiger partial charge is 0.255 e. The normalized spacial score (nSPS) is 10.4. The van der Waals surface area contributed by atoms with Gasteiger partial charge in [0.2, 0.25) is 5.91 Å². The number of benzene rings is 2. The van der Waals surface area contributed by atoms with Gasteiger partial charge in [0, 0.05) is 16.3 Å². The van der Waals surface area contributed by atoms with Gasteiger partial charge in [0.1, 0.15) is 5.82 Å². The minimum absolute atomic E-state index is 0.0837. The first-order valence-corrected chi connectivity index (χ1v) is 8.44. The first-order valence-electron chi connectivity index (χ1n) is 7.36. The molecule has 2 amide bonds. The molecule has 0 saturated heterocycles. The number of hydrogen-bond acceptors (Lipinski definition) is 2. The fourth-order valence-electron chi connectivity index (χ4n) is 2.23. The van der Waals surface area contributed by atoms with E-state index in [0.29, 0.717) is 9.13 Å². The maximum atomic E-state index is 13.1. The molecule has 2 aromatic carbocycles. The number of likely N-dealkylation sites (N-methyl/N-ethyl adjacent to an activating group) is 1. The average Bonchev–Trinajstić information content (AvgIpc) is 2.51. The van der Waals surface area contributed by atoms with Crippen LogP contribution >= 0.6 is 22.6 Å². The molecule has 0 radical (unpaired) electrons. The zero-order valence-corrected chi connectivity index (χ0v) is 15.8. The van der Waals surface area contributed by atoms with Crippen molar-refractivity contribution in [2.45, 2.75) is 13.8 Å². The maximum Gasteiger partial charge on any atom is 0.255 e. The molecule has 0 heterocycles. The molecule has 2 rings (SSSR count). The molecule has 0 spiro atoms. The average molecular weight is 440 g/mol. The van der Waals surface area contributed by atoms with Crippen molar-refractivity contribution in [1.29, 1.82) is 0 Å². The number of carbonyl (C=O) groups is 2. The first kappa shape index (κ1) is 18.4. The summed E-state index contributed by atoms with van der Waals surface area (Å²) in [5, 5.41) is 2.82. The number of rotatable bonds is 4. The molecule has 0 atom stereocenters. The number of amides is 2. The lowest BCUT2D eigenvalue weighted by atomic mass is 10.1. The number of nitrogens with zero attached hydrogens (tertiary/aromatic N) is 1. The van der Waals surface area contributed by atoms with E-state index in [9.17, 15) is 14.0 Å². The van der Waals surface area contributed by atoms with Gasteiger partial charge < -0.3 is 10.2 Å². The van der Waals surface area contributed by atoms with Gasteiger partial charge in [-0.3, -0.25) is 9.59 Å². The Labute approximate surface area is 154 Å². The fourth-order valence-corrected chi connectivity index (χ4v) is 2.94. The lowest BCUT2D eigenvalue weighted by Gasteiger charge is -2.18. The van der Waals surface area contributed by atoms with Crippen LogP contribution in [0.2, 0.25) is 0 Å². The Hall–Kier alpha value is -1.96. The van der Waals surface area contributed by atoms with Gasteiger partial charge in [-0.2, -0.15) is 0 Å². The molecule has 4 nitrogen and oxygen atoms in total. The van der Waals surface area contributed by atoms with Crippen molar-refractivity contribution in [3.8, 4) is 0 Å². The molecular formula is C18H18FIN2O2. The summed E-state index contributed by atoms with van der Waals surface area (Å²) in [7, 11) is 1.55. The van der Waals surface area contributed by atoms with Crippen LogP contribution in [0, 0.1) is 23.2 Å². The molecule has 0 aliphatic heterocycles. The molecule has 6 heteroatoms. The summed E-state index contributed by atoms with van der Waals surface area (Å²) in [6.45, 7) is 3.82. The van der Waals surface area contributed by atoms with Crippen molar-refractivity contribution in [3.63, 3.8) is 0 Å². The standard InChI is InChI=1S/C18H18FIN2O2/c1-11-5-4-6-16(12(11)2)21-17(23)10-22(3)18(24)14-8-7-13(19)9-15(14)20/h4-9H,10H2,1-3H3,(H,21,23). The first-order chi connectivity index (χ1) is 11.3. The molecule has 0 saturated carbocycles. The lowest BCUT2D eigenvalue weighted by molar-refractivity contribution is -0.116. The Balaban J connectivity index is 2.05. The van der Waals surface area contributed by atoms with E-state index < -0.39 is 5.82 Å². The molecule has 0 aliphatic rings. The number of aryl methyl sites for hydroxylation is 1. The van der Waals surface area contributed by atoms with Crippen molar-refractivity contribution >= 4 is 40.1 Å².